The van der Waals surface area contributed by atoms with Gasteiger partial charge in [0, 0.05) is 34.5 Å². The van der Waals surface area contributed by atoms with Crippen LogP contribution in [0.2, 0.25) is 0 Å². The third-order valence-corrected chi connectivity index (χ3v) is 10.1. The Morgan fingerprint density at radius 1 is 0.736 bits per heavy atom. The first-order valence-corrected chi connectivity index (χ1v) is 19.1. The number of rotatable bonds is 12. The maximum Gasteiger partial charge on any atom is 2.00 e. The van der Waals surface area contributed by atoms with E-state index in [1.54, 1.807) is 0 Å². The molecule has 0 amide bonds. The summed E-state index contributed by atoms with van der Waals surface area (Å²) in [5.74, 6) is 2.47. The number of fused-ring (bicyclic) bond motifs is 3. The average molecular weight is 882 g/mol. The van der Waals surface area contributed by atoms with E-state index >= 15 is 0 Å². The van der Waals surface area contributed by atoms with Gasteiger partial charge in [-0.3, -0.25) is 4.68 Å². The van der Waals surface area contributed by atoms with Gasteiger partial charge in [-0.05, 0) is 97.5 Å². The van der Waals surface area contributed by atoms with Gasteiger partial charge in [-0.15, -0.1) is 41.3 Å². The third-order valence-electron chi connectivity index (χ3n) is 10.1. The largest absolute Gasteiger partial charge is 2.00 e. The van der Waals surface area contributed by atoms with Gasteiger partial charge in [-0.25, -0.2) is 4.98 Å². The summed E-state index contributed by atoms with van der Waals surface area (Å²) in [4.78, 5) is 4.82. The summed E-state index contributed by atoms with van der Waals surface area (Å²) in [5, 5.41) is 7.64. The van der Waals surface area contributed by atoms with Crippen LogP contribution in [0.4, 0.5) is 0 Å². The van der Waals surface area contributed by atoms with Gasteiger partial charge >= 0.3 is 21.1 Å². The molecule has 274 valence electrons. The molecule has 4 aromatic carbocycles. The van der Waals surface area contributed by atoms with Crippen LogP contribution in [0.15, 0.2) is 79.0 Å². The normalized spacial score (nSPS) is 11.5. The SMILES string of the molecule is CCCc1ccnc(-n2c3[c-]c(Oc4[c-]c(-n5nc(CCC)c(-c6c(C)cc(C)cc6C)c5CCC)cc(C(C)C)c4)ccc3c3ccccc32)c1.[Pt+2]. The number of pyridine rings is 1. The third kappa shape index (κ3) is 7.51. The number of benzene rings is 4. The van der Waals surface area contributed by atoms with Gasteiger partial charge in [0.2, 0.25) is 0 Å². The van der Waals surface area contributed by atoms with Crippen molar-refractivity contribution in [2.45, 2.75) is 99.8 Å². The summed E-state index contributed by atoms with van der Waals surface area (Å²) >= 11 is 0. The Morgan fingerprint density at radius 2 is 1.47 bits per heavy atom. The van der Waals surface area contributed by atoms with E-state index in [2.05, 4.69) is 144 Å². The van der Waals surface area contributed by atoms with Crippen molar-refractivity contribution >= 4 is 21.8 Å². The van der Waals surface area contributed by atoms with E-state index in [0.717, 1.165) is 72.1 Å². The van der Waals surface area contributed by atoms with Crippen molar-refractivity contribution in [2.75, 3.05) is 0 Å². The summed E-state index contributed by atoms with van der Waals surface area (Å²) < 4.78 is 11.1. The fourth-order valence-electron chi connectivity index (χ4n) is 7.81. The zero-order valence-corrected chi connectivity index (χ0v) is 34.6. The first kappa shape index (κ1) is 38.3. The molecule has 7 aromatic rings. The van der Waals surface area contributed by atoms with Gasteiger partial charge < -0.3 is 9.30 Å². The maximum absolute atomic E-state index is 6.72. The van der Waals surface area contributed by atoms with E-state index in [1.807, 2.05) is 12.3 Å². The summed E-state index contributed by atoms with van der Waals surface area (Å²) in [5.41, 5.74) is 14.3. The van der Waals surface area contributed by atoms with Crippen LogP contribution in [0, 0.1) is 32.9 Å². The Kier molecular flexibility index (Phi) is 11.7. The van der Waals surface area contributed by atoms with E-state index in [1.165, 1.54) is 50.0 Å². The molecule has 0 unspecified atom stereocenters. The van der Waals surface area contributed by atoms with E-state index in [4.69, 9.17) is 14.8 Å². The second-order valence-electron chi connectivity index (χ2n) is 14.6. The second kappa shape index (κ2) is 16.3. The Hall–Kier alpha value is -4.47. The molecule has 7 rings (SSSR count). The van der Waals surface area contributed by atoms with Crippen LogP contribution in [0.5, 0.6) is 11.5 Å². The van der Waals surface area contributed by atoms with Gasteiger partial charge in [-0.2, -0.15) is 11.2 Å². The number of nitrogens with zero attached hydrogens (tertiary/aromatic N) is 4. The minimum atomic E-state index is 0. The van der Waals surface area contributed by atoms with E-state index in [-0.39, 0.29) is 27.0 Å². The topological polar surface area (TPSA) is 44.9 Å². The van der Waals surface area contributed by atoms with Crippen LogP contribution in [-0.2, 0) is 40.3 Å². The number of aromatic nitrogens is 4. The maximum atomic E-state index is 6.72. The first-order chi connectivity index (χ1) is 25.2. The smallest absolute Gasteiger partial charge is 0.509 e. The van der Waals surface area contributed by atoms with Gasteiger partial charge in [0.15, 0.2) is 0 Å². The standard InChI is InChI=1S/C47H50N4O.Pt/c1-9-14-34-21-22-48-45(25-34)50-42-18-13-12-17-39(42)40-20-19-37(29-44(40)50)52-38-27-35(30(4)5)26-36(28-38)51-43(16-11-3)47(41(49-51)15-10-2)46-32(7)23-31(6)24-33(46)8;/h12-13,17-27,30H,9-11,14-16H2,1-8H3;/q-2;+2. The number of hydrogen-bond donors (Lipinski definition) is 0. The predicted molar refractivity (Wildman–Crippen MR) is 216 cm³/mol. The Balaban J connectivity index is 0.00000481. The summed E-state index contributed by atoms with van der Waals surface area (Å²) in [6, 6.07) is 33.2. The van der Waals surface area contributed by atoms with Crippen molar-refractivity contribution in [2.24, 2.45) is 0 Å². The Labute approximate surface area is 329 Å². The zero-order chi connectivity index (χ0) is 36.5. The first-order valence-electron chi connectivity index (χ1n) is 19.1. The summed E-state index contributed by atoms with van der Waals surface area (Å²) in [6.45, 7) is 17.8. The number of aryl methyl sites for hydroxylation is 5. The molecule has 0 N–H and O–H groups in total. The van der Waals surface area contributed by atoms with Crippen LogP contribution >= 0.6 is 0 Å². The van der Waals surface area contributed by atoms with E-state index in [9.17, 15) is 0 Å². The molecular weight excluding hydrogens is 832 g/mol. The fraction of sp³-hybridized carbons (Fsp3) is 0.319. The van der Waals surface area contributed by atoms with Crippen LogP contribution in [0.3, 0.4) is 0 Å². The molecule has 0 aliphatic rings. The van der Waals surface area contributed by atoms with Crippen molar-refractivity contribution < 1.29 is 25.8 Å². The molecule has 0 atom stereocenters. The molecule has 53 heavy (non-hydrogen) atoms. The van der Waals surface area contributed by atoms with Crippen molar-refractivity contribution in [3.05, 3.63) is 130 Å². The number of hydrogen-bond acceptors (Lipinski definition) is 3. The van der Waals surface area contributed by atoms with E-state index < -0.39 is 0 Å². The van der Waals surface area contributed by atoms with Crippen LogP contribution < -0.4 is 4.74 Å². The second-order valence-corrected chi connectivity index (χ2v) is 14.6. The minimum absolute atomic E-state index is 0. The molecule has 0 fully saturated rings. The number of para-hydroxylation sites is 1. The Bertz CT molecular complexity index is 2380. The van der Waals surface area contributed by atoms with E-state index in [0.29, 0.717) is 11.5 Å². The molecule has 0 bridgehead atoms. The molecule has 0 saturated carbocycles. The fourth-order valence-corrected chi connectivity index (χ4v) is 7.81. The predicted octanol–water partition coefficient (Wildman–Crippen LogP) is 12.3. The van der Waals surface area contributed by atoms with Crippen molar-refractivity contribution in [1.82, 2.24) is 19.3 Å². The van der Waals surface area contributed by atoms with Gasteiger partial charge in [-0.1, -0.05) is 95.3 Å². The molecule has 6 heteroatoms. The molecule has 3 aromatic heterocycles. The molecule has 5 nitrogen and oxygen atoms in total. The minimum Gasteiger partial charge on any atom is -0.509 e. The van der Waals surface area contributed by atoms with Crippen molar-refractivity contribution in [3.8, 4) is 34.1 Å². The zero-order valence-electron chi connectivity index (χ0n) is 32.3. The molecular formula is C47H50N4OPt. The monoisotopic (exact) mass is 881 g/mol. The van der Waals surface area contributed by atoms with Crippen molar-refractivity contribution in [1.29, 1.82) is 0 Å². The quantitative estimate of drug-likeness (QED) is 0.115. The summed E-state index contributed by atoms with van der Waals surface area (Å²) in [7, 11) is 0. The van der Waals surface area contributed by atoms with Crippen LogP contribution in [0.1, 0.15) is 99.0 Å². The van der Waals surface area contributed by atoms with Crippen LogP contribution in [-0.4, -0.2) is 19.3 Å². The average Bonchev–Trinajstić information content (AvgIpc) is 3.63. The Morgan fingerprint density at radius 3 is 2.19 bits per heavy atom. The molecule has 0 spiro atoms. The summed E-state index contributed by atoms with van der Waals surface area (Å²) in [6.07, 6.45) is 7.87. The van der Waals surface area contributed by atoms with Gasteiger partial charge in [0.05, 0.1) is 5.69 Å². The van der Waals surface area contributed by atoms with Crippen molar-refractivity contribution in [3.63, 3.8) is 0 Å². The van der Waals surface area contributed by atoms with Gasteiger partial charge in [0.25, 0.3) is 0 Å². The molecule has 0 saturated heterocycles. The molecule has 0 aliphatic heterocycles. The molecule has 3 heterocycles. The number of ether oxygens (including phenoxy) is 1. The molecule has 0 radical (unpaired) electrons. The van der Waals surface area contributed by atoms with Gasteiger partial charge in [0.1, 0.15) is 5.82 Å². The van der Waals surface area contributed by atoms with Crippen LogP contribution in [0.25, 0.3) is 44.4 Å². The molecule has 0 aliphatic carbocycles.